The lowest BCUT2D eigenvalue weighted by molar-refractivity contribution is -0.144. The van der Waals surface area contributed by atoms with Gasteiger partial charge in [0.15, 0.2) is 0 Å². The first-order valence-corrected chi connectivity index (χ1v) is 13.8. The summed E-state index contributed by atoms with van der Waals surface area (Å²) in [6.45, 7) is 2.27. The summed E-state index contributed by atoms with van der Waals surface area (Å²) >= 11 is 3.16. The molecule has 0 aliphatic rings. The number of aromatic nitrogens is 1. The molecule has 0 aliphatic heterocycles. The number of para-hydroxylation sites is 1. The number of fused-ring (bicyclic) bond motifs is 1. The Kier molecular flexibility index (Phi) is 7.80. The van der Waals surface area contributed by atoms with Crippen LogP contribution in [-0.2, 0) is 22.6 Å². The minimum Gasteiger partial charge on any atom is -0.461 e. The third kappa shape index (κ3) is 5.83. The number of aliphatic hydroxyl groups is 1. The van der Waals surface area contributed by atoms with Gasteiger partial charge < -0.3 is 14.4 Å². The van der Waals surface area contributed by atoms with Crippen molar-refractivity contribution < 1.29 is 14.6 Å². The number of hydrogen-bond donors (Lipinski definition) is 1. The second-order valence-corrected chi connectivity index (χ2v) is 10.6. The van der Waals surface area contributed by atoms with Gasteiger partial charge in [0.25, 0.3) is 0 Å². The lowest BCUT2D eigenvalue weighted by atomic mass is 10.1. The summed E-state index contributed by atoms with van der Waals surface area (Å²) in [7, 11) is 0. The molecule has 5 aromatic rings. The smallest absolute Gasteiger partial charge is 0.312 e. The van der Waals surface area contributed by atoms with Crippen LogP contribution in [0, 0.1) is 6.92 Å². The number of aliphatic hydroxyl groups excluding tert-OH is 1. The van der Waals surface area contributed by atoms with Crippen LogP contribution in [0.4, 0.5) is 0 Å². The highest BCUT2D eigenvalue weighted by atomic mass is 32.1. The number of allylic oxidation sites excluding steroid dienone is 2. The van der Waals surface area contributed by atoms with Gasteiger partial charge in [-0.15, -0.1) is 22.7 Å². The van der Waals surface area contributed by atoms with E-state index in [1.54, 1.807) is 11.3 Å². The predicted molar refractivity (Wildman–Crippen MR) is 154 cm³/mol. The Morgan fingerprint density at radius 1 is 0.973 bits per heavy atom. The van der Waals surface area contributed by atoms with Crippen molar-refractivity contribution in [2.24, 2.45) is 0 Å². The maximum atomic E-state index is 13.0. The van der Waals surface area contributed by atoms with Crippen LogP contribution >= 0.6 is 22.7 Å². The molecule has 1 N–H and O–H groups in total. The molecule has 0 saturated heterocycles. The van der Waals surface area contributed by atoms with E-state index in [1.807, 2.05) is 103 Å². The molecule has 1 atom stereocenters. The average molecular weight is 526 g/mol. The third-order valence-corrected chi connectivity index (χ3v) is 7.97. The molecular weight excluding hydrogens is 498 g/mol. The second kappa shape index (κ2) is 11.6. The van der Waals surface area contributed by atoms with Crippen molar-refractivity contribution in [3.05, 3.63) is 128 Å². The Hall–Kier alpha value is -3.71. The van der Waals surface area contributed by atoms with E-state index in [2.05, 4.69) is 16.7 Å². The van der Waals surface area contributed by atoms with E-state index in [0.717, 1.165) is 43.2 Å². The summed E-state index contributed by atoms with van der Waals surface area (Å²) in [6.07, 6.45) is 5.24. The van der Waals surface area contributed by atoms with E-state index in [1.165, 1.54) is 11.3 Å². The highest BCUT2D eigenvalue weighted by molar-refractivity contribution is 7.10. The maximum absolute atomic E-state index is 13.0. The molecular formula is C31H27NO3S2. The first kappa shape index (κ1) is 25.0. The Balaban J connectivity index is 1.55. The van der Waals surface area contributed by atoms with E-state index >= 15 is 0 Å². The van der Waals surface area contributed by atoms with Crippen molar-refractivity contribution in [1.29, 1.82) is 0 Å². The molecule has 0 saturated carbocycles. The van der Waals surface area contributed by atoms with Gasteiger partial charge in [-0.05, 0) is 65.2 Å². The van der Waals surface area contributed by atoms with E-state index in [9.17, 15) is 9.90 Å². The normalized spacial score (nSPS) is 12.9. The Labute approximate surface area is 224 Å². The fourth-order valence-corrected chi connectivity index (χ4v) is 5.65. The van der Waals surface area contributed by atoms with Crippen LogP contribution in [0.15, 0.2) is 102 Å². The maximum Gasteiger partial charge on any atom is 0.312 e. The highest BCUT2D eigenvalue weighted by Gasteiger charge is 2.20. The van der Waals surface area contributed by atoms with E-state index in [0.29, 0.717) is 0 Å². The summed E-state index contributed by atoms with van der Waals surface area (Å²) in [6, 6.07) is 25.7. The lowest BCUT2D eigenvalue weighted by Crippen LogP contribution is -2.13. The van der Waals surface area contributed by atoms with Crippen molar-refractivity contribution in [1.82, 2.24) is 4.57 Å². The van der Waals surface area contributed by atoms with Crippen LogP contribution < -0.4 is 0 Å². The van der Waals surface area contributed by atoms with Crippen molar-refractivity contribution >= 4 is 51.3 Å². The number of hydrogen-bond acceptors (Lipinski definition) is 5. The first-order chi connectivity index (χ1) is 18.1. The number of aryl methyl sites for hydroxylation is 1. The number of carbonyl (C=O) groups is 1. The molecule has 5 rings (SSSR count). The van der Waals surface area contributed by atoms with Crippen LogP contribution in [0.3, 0.4) is 0 Å². The molecule has 2 aromatic carbocycles. The Morgan fingerprint density at radius 2 is 1.73 bits per heavy atom. The van der Waals surface area contributed by atoms with Crippen LogP contribution in [-0.4, -0.2) is 15.6 Å². The fraction of sp³-hybridized carbons (Fsp3) is 0.129. The lowest BCUT2D eigenvalue weighted by Gasteiger charge is -2.15. The SMILES string of the molecule is Cc1c(CC(=O)OCc2ccccc2)n(C(=C\C(O)c2cccs2)/C=C/c2cccs2)c2ccccc12. The molecule has 0 fully saturated rings. The number of carbonyl (C=O) groups excluding carboxylic acids is 1. The highest BCUT2D eigenvalue weighted by Crippen LogP contribution is 2.32. The molecule has 6 heteroatoms. The monoisotopic (exact) mass is 525 g/mol. The van der Waals surface area contributed by atoms with Crippen molar-refractivity contribution in [3.63, 3.8) is 0 Å². The molecule has 0 bridgehead atoms. The van der Waals surface area contributed by atoms with Crippen LogP contribution in [0.2, 0.25) is 0 Å². The fourth-order valence-electron chi connectivity index (χ4n) is 4.35. The molecule has 1 unspecified atom stereocenters. The zero-order valence-electron chi connectivity index (χ0n) is 20.4. The summed E-state index contributed by atoms with van der Waals surface area (Å²) in [4.78, 5) is 15.0. The van der Waals surface area contributed by atoms with Gasteiger partial charge in [0, 0.05) is 26.5 Å². The molecule has 3 heterocycles. The van der Waals surface area contributed by atoms with Crippen molar-refractivity contribution in [2.75, 3.05) is 0 Å². The molecule has 186 valence electrons. The zero-order valence-corrected chi connectivity index (χ0v) is 22.0. The topological polar surface area (TPSA) is 51.5 Å². The standard InChI is InChI=1S/C31H27NO3S2/c1-22-26-12-5-6-13-27(26)32(28(22)20-31(34)35-21-23-9-3-2-4-10-23)24(15-16-25-11-7-17-36-25)19-29(33)30-14-8-18-37-30/h2-19,29,33H,20-21H2,1H3/b16-15+,24-19-. The van der Waals surface area contributed by atoms with Gasteiger partial charge in [0.2, 0.25) is 0 Å². The second-order valence-electron chi connectivity index (χ2n) is 8.65. The zero-order chi connectivity index (χ0) is 25.6. The number of rotatable bonds is 9. The molecule has 0 aliphatic carbocycles. The predicted octanol–water partition coefficient (Wildman–Crippen LogP) is 7.65. The van der Waals surface area contributed by atoms with Gasteiger partial charge in [0.1, 0.15) is 12.7 Å². The van der Waals surface area contributed by atoms with Crippen molar-refractivity contribution in [3.8, 4) is 0 Å². The number of benzene rings is 2. The molecule has 4 nitrogen and oxygen atoms in total. The summed E-state index contributed by atoms with van der Waals surface area (Å²) < 4.78 is 7.72. The number of nitrogens with zero attached hydrogens (tertiary/aromatic N) is 1. The van der Waals surface area contributed by atoms with Crippen LogP contribution in [0.25, 0.3) is 22.7 Å². The largest absolute Gasteiger partial charge is 0.461 e. The third-order valence-electron chi connectivity index (χ3n) is 6.19. The number of thiophene rings is 2. The van der Waals surface area contributed by atoms with Gasteiger partial charge >= 0.3 is 5.97 Å². The first-order valence-electron chi connectivity index (χ1n) is 12.0. The molecule has 0 amide bonds. The molecule has 0 radical (unpaired) electrons. The molecule has 37 heavy (non-hydrogen) atoms. The Morgan fingerprint density at radius 3 is 2.49 bits per heavy atom. The van der Waals surface area contributed by atoms with Gasteiger partial charge in [0.05, 0.1) is 11.9 Å². The van der Waals surface area contributed by atoms with Crippen molar-refractivity contribution in [2.45, 2.75) is 26.1 Å². The summed E-state index contributed by atoms with van der Waals surface area (Å²) in [5, 5.41) is 16.1. The van der Waals surface area contributed by atoms with Gasteiger partial charge in [-0.1, -0.05) is 60.7 Å². The van der Waals surface area contributed by atoms with Gasteiger partial charge in [-0.2, -0.15) is 0 Å². The van der Waals surface area contributed by atoms with E-state index in [-0.39, 0.29) is 19.0 Å². The van der Waals surface area contributed by atoms with Crippen LogP contribution in [0.1, 0.15) is 32.7 Å². The summed E-state index contributed by atoms with van der Waals surface area (Å²) in [5.41, 5.74) is 4.59. The Bertz CT molecular complexity index is 1530. The average Bonchev–Trinajstić information content (AvgIpc) is 3.69. The quantitative estimate of drug-likeness (QED) is 0.159. The summed E-state index contributed by atoms with van der Waals surface area (Å²) in [5.74, 6) is -0.295. The van der Waals surface area contributed by atoms with E-state index in [4.69, 9.17) is 4.74 Å². The minimum absolute atomic E-state index is 0.118. The molecule has 3 aromatic heterocycles. The van der Waals surface area contributed by atoms with Gasteiger partial charge in [-0.3, -0.25) is 4.79 Å². The minimum atomic E-state index is -0.776. The number of esters is 1. The molecule has 0 spiro atoms. The van der Waals surface area contributed by atoms with Crippen LogP contribution in [0.5, 0.6) is 0 Å². The number of ether oxygens (including phenoxy) is 1. The van der Waals surface area contributed by atoms with E-state index < -0.39 is 6.10 Å². The van der Waals surface area contributed by atoms with Gasteiger partial charge in [-0.25, -0.2) is 0 Å².